The molecule has 0 bridgehead atoms. The van der Waals surface area contributed by atoms with Gasteiger partial charge in [0.2, 0.25) is 5.91 Å². The molecule has 1 N–H and O–H groups in total. The molecule has 0 spiro atoms. The van der Waals surface area contributed by atoms with Crippen molar-refractivity contribution >= 4 is 40.7 Å². The number of rotatable bonds is 6. The summed E-state index contributed by atoms with van der Waals surface area (Å²) in [6.45, 7) is 1.78. The van der Waals surface area contributed by atoms with Crippen molar-refractivity contribution in [1.82, 2.24) is 5.01 Å². The van der Waals surface area contributed by atoms with Gasteiger partial charge in [0.1, 0.15) is 12.3 Å². The lowest BCUT2D eigenvalue weighted by Crippen LogP contribution is -2.43. The van der Waals surface area contributed by atoms with Crippen LogP contribution in [0.15, 0.2) is 52.8 Å². The summed E-state index contributed by atoms with van der Waals surface area (Å²) in [6.07, 6.45) is 0.851. The number of carbonyl (C=O) groups excluding carboxylic acids is 3. The minimum absolute atomic E-state index is 0.240. The molecule has 2 aromatic rings. The van der Waals surface area contributed by atoms with E-state index in [9.17, 15) is 14.4 Å². The molecule has 10 heteroatoms. The summed E-state index contributed by atoms with van der Waals surface area (Å²) in [5.41, 5.74) is 2.05. The van der Waals surface area contributed by atoms with Crippen molar-refractivity contribution in [3.8, 4) is 5.75 Å². The number of halogens is 1. The summed E-state index contributed by atoms with van der Waals surface area (Å²) in [5.74, 6) is -0.845. The van der Waals surface area contributed by atoms with Crippen LogP contribution in [0.5, 0.6) is 5.75 Å². The fraction of sp³-hybridized carbons (Fsp3) is 0.286. The van der Waals surface area contributed by atoms with Gasteiger partial charge in [-0.05, 0) is 42.3 Å². The van der Waals surface area contributed by atoms with E-state index in [1.54, 1.807) is 30.3 Å². The van der Waals surface area contributed by atoms with Crippen LogP contribution in [0.1, 0.15) is 12.5 Å². The van der Waals surface area contributed by atoms with Gasteiger partial charge in [-0.2, -0.15) is 5.11 Å². The van der Waals surface area contributed by atoms with Crippen LogP contribution in [0.3, 0.4) is 0 Å². The van der Waals surface area contributed by atoms with E-state index in [0.717, 1.165) is 16.9 Å². The van der Waals surface area contributed by atoms with Crippen LogP contribution in [0.2, 0.25) is 5.02 Å². The third-order valence-corrected chi connectivity index (χ3v) is 5.50. The summed E-state index contributed by atoms with van der Waals surface area (Å²) in [7, 11) is 1.50. The molecule has 0 aliphatic carbocycles. The molecule has 2 aliphatic rings. The second-order valence-corrected chi connectivity index (χ2v) is 7.53. The second kappa shape index (κ2) is 8.35. The minimum Gasteiger partial charge on any atom is -0.495 e. The Morgan fingerprint density at radius 2 is 1.90 bits per heavy atom. The van der Waals surface area contributed by atoms with Gasteiger partial charge in [0.05, 0.1) is 17.8 Å². The van der Waals surface area contributed by atoms with E-state index in [4.69, 9.17) is 16.3 Å². The first-order valence-corrected chi connectivity index (χ1v) is 10.1. The Bertz CT molecular complexity index is 1070. The summed E-state index contributed by atoms with van der Waals surface area (Å²) in [4.78, 5) is 39.4. The molecule has 0 radical (unpaired) electrons. The number of nitrogens with one attached hydrogen (secondary N) is 1. The fourth-order valence-corrected chi connectivity index (χ4v) is 3.84. The van der Waals surface area contributed by atoms with E-state index in [2.05, 4.69) is 15.7 Å². The monoisotopic (exact) mass is 441 g/mol. The Morgan fingerprint density at radius 3 is 2.55 bits per heavy atom. The van der Waals surface area contributed by atoms with Crippen LogP contribution in [0.4, 0.5) is 11.4 Å². The van der Waals surface area contributed by atoms with Crippen molar-refractivity contribution in [2.45, 2.75) is 25.4 Å². The maximum atomic E-state index is 13.0. The molecule has 4 rings (SSSR count). The molecule has 0 saturated carbocycles. The molecule has 2 aliphatic heterocycles. The third kappa shape index (κ3) is 3.84. The van der Waals surface area contributed by atoms with E-state index in [0.29, 0.717) is 22.1 Å². The number of carbonyl (C=O) groups is 3. The SMILES string of the molecule is CCc1ccc(N2C(=O)C3N=NN(CC(=O)Nc4ccc(OC)c(Cl)c4)C3C2=O)cc1. The maximum Gasteiger partial charge on any atom is 0.263 e. The van der Waals surface area contributed by atoms with Crippen LogP contribution in [-0.2, 0) is 20.8 Å². The zero-order chi connectivity index (χ0) is 22.1. The lowest BCUT2D eigenvalue weighted by atomic mass is 10.1. The van der Waals surface area contributed by atoms with Gasteiger partial charge in [0.15, 0.2) is 12.1 Å². The lowest BCUT2D eigenvalue weighted by molar-refractivity contribution is -0.123. The highest BCUT2D eigenvalue weighted by Gasteiger charge is 2.55. The number of amides is 3. The zero-order valence-corrected chi connectivity index (χ0v) is 17.7. The summed E-state index contributed by atoms with van der Waals surface area (Å²) in [6, 6.07) is 10.1. The Balaban J connectivity index is 1.46. The highest BCUT2D eigenvalue weighted by molar-refractivity contribution is 6.32. The largest absolute Gasteiger partial charge is 0.495 e. The number of fused-ring (bicyclic) bond motifs is 1. The average molecular weight is 442 g/mol. The van der Waals surface area contributed by atoms with Gasteiger partial charge in [-0.15, -0.1) is 0 Å². The molecular weight excluding hydrogens is 422 g/mol. The molecule has 160 valence electrons. The predicted octanol–water partition coefficient (Wildman–Crippen LogP) is 2.84. The number of imide groups is 1. The van der Waals surface area contributed by atoms with E-state index in [1.165, 1.54) is 12.1 Å². The molecule has 2 aromatic carbocycles. The second-order valence-electron chi connectivity index (χ2n) is 7.12. The Labute approximate surface area is 183 Å². The van der Waals surface area contributed by atoms with Gasteiger partial charge in [-0.1, -0.05) is 35.9 Å². The topological polar surface area (TPSA) is 104 Å². The van der Waals surface area contributed by atoms with Gasteiger partial charge in [0.25, 0.3) is 11.8 Å². The molecule has 1 fully saturated rings. The van der Waals surface area contributed by atoms with Crippen molar-refractivity contribution in [1.29, 1.82) is 0 Å². The number of hydrogen-bond acceptors (Lipinski definition) is 7. The summed E-state index contributed by atoms with van der Waals surface area (Å²) in [5, 5.41) is 12.1. The van der Waals surface area contributed by atoms with Gasteiger partial charge < -0.3 is 10.1 Å². The van der Waals surface area contributed by atoms with Gasteiger partial charge in [-0.3, -0.25) is 19.4 Å². The van der Waals surface area contributed by atoms with Crippen LogP contribution < -0.4 is 15.0 Å². The number of ether oxygens (including phenoxy) is 1. The van der Waals surface area contributed by atoms with Gasteiger partial charge in [-0.25, -0.2) is 4.90 Å². The Kier molecular flexibility index (Phi) is 5.60. The zero-order valence-electron chi connectivity index (χ0n) is 16.9. The van der Waals surface area contributed by atoms with E-state index in [1.807, 2.05) is 19.1 Å². The summed E-state index contributed by atoms with van der Waals surface area (Å²) < 4.78 is 5.09. The van der Waals surface area contributed by atoms with Crippen LogP contribution >= 0.6 is 11.6 Å². The molecule has 1 saturated heterocycles. The first-order valence-electron chi connectivity index (χ1n) is 9.70. The molecule has 0 aromatic heterocycles. The predicted molar refractivity (Wildman–Crippen MR) is 114 cm³/mol. The smallest absolute Gasteiger partial charge is 0.263 e. The maximum absolute atomic E-state index is 13.0. The van der Waals surface area contributed by atoms with Gasteiger partial charge in [0, 0.05) is 5.69 Å². The molecule has 2 heterocycles. The van der Waals surface area contributed by atoms with Crippen molar-refractivity contribution < 1.29 is 19.1 Å². The normalized spacial score (nSPS) is 19.7. The first kappa shape index (κ1) is 20.8. The van der Waals surface area contributed by atoms with Crippen LogP contribution in [0, 0.1) is 0 Å². The van der Waals surface area contributed by atoms with Crippen molar-refractivity contribution in [2.24, 2.45) is 10.3 Å². The van der Waals surface area contributed by atoms with Crippen molar-refractivity contribution in [3.05, 3.63) is 53.1 Å². The number of aryl methyl sites for hydroxylation is 1. The number of benzene rings is 2. The lowest BCUT2D eigenvalue weighted by Gasteiger charge is -2.20. The average Bonchev–Trinajstić information content (AvgIpc) is 3.28. The summed E-state index contributed by atoms with van der Waals surface area (Å²) >= 11 is 6.08. The number of methoxy groups -OCH3 is 1. The van der Waals surface area contributed by atoms with Gasteiger partial charge >= 0.3 is 0 Å². The van der Waals surface area contributed by atoms with Crippen molar-refractivity contribution in [3.63, 3.8) is 0 Å². The van der Waals surface area contributed by atoms with Crippen LogP contribution in [0.25, 0.3) is 0 Å². The molecule has 31 heavy (non-hydrogen) atoms. The first-order chi connectivity index (χ1) is 14.9. The fourth-order valence-electron chi connectivity index (χ4n) is 3.58. The molecular formula is C21H20ClN5O4. The van der Waals surface area contributed by atoms with E-state index >= 15 is 0 Å². The Hall–Kier alpha value is -3.46. The Morgan fingerprint density at radius 1 is 1.16 bits per heavy atom. The van der Waals surface area contributed by atoms with E-state index in [-0.39, 0.29) is 6.54 Å². The molecule has 3 amide bonds. The van der Waals surface area contributed by atoms with Crippen LogP contribution in [-0.4, -0.2) is 48.5 Å². The number of nitrogens with zero attached hydrogens (tertiary/aromatic N) is 4. The third-order valence-electron chi connectivity index (χ3n) is 5.20. The highest BCUT2D eigenvalue weighted by Crippen LogP contribution is 2.32. The van der Waals surface area contributed by atoms with E-state index < -0.39 is 29.8 Å². The molecule has 9 nitrogen and oxygen atoms in total. The van der Waals surface area contributed by atoms with Crippen molar-refractivity contribution in [2.75, 3.05) is 23.9 Å². The molecule has 2 atom stereocenters. The highest BCUT2D eigenvalue weighted by atomic mass is 35.5. The quantitative estimate of drug-likeness (QED) is 0.694. The standard InChI is InChI=1S/C21H20ClN5O4/c1-3-12-4-7-14(8-5-12)27-20(29)18-19(21(27)30)26(25-24-18)11-17(28)23-13-6-9-16(31-2)15(22)10-13/h4-10,18-19H,3,11H2,1-2H3,(H,23,28). The number of anilines is 2. The number of hydrogen-bond donors (Lipinski definition) is 1. The minimum atomic E-state index is -0.957. The molecule has 2 unspecified atom stereocenters.